The highest BCUT2D eigenvalue weighted by Gasteiger charge is 2.48. The van der Waals surface area contributed by atoms with E-state index in [9.17, 15) is 0 Å². The molecule has 0 fully saturated rings. The van der Waals surface area contributed by atoms with Crippen LogP contribution < -0.4 is 9.47 Å². The van der Waals surface area contributed by atoms with E-state index in [0.29, 0.717) is 28.8 Å². The fourth-order valence-corrected chi connectivity index (χ4v) is 9.50. The number of nitrogens with zero attached hydrogens (tertiary/aromatic N) is 2. The van der Waals surface area contributed by atoms with Crippen LogP contribution in [0.25, 0.3) is 67.3 Å². The zero-order valence-electron chi connectivity index (χ0n) is 34.2. The predicted octanol–water partition coefficient (Wildman–Crippen LogP) is 15.1. The van der Waals surface area contributed by atoms with Crippen LogP contribution in [0.5, 0.6) is 23.0 Å². The van der Waals surface area contributed by atoms with Crippen LogP contribution in [-0.4, -0.2) is 9.97 Å². The third-order valence-electron chi connectivity index (χ3n) is 12.5. The molecule has 0 bridgehead atoms. The zero-order chi connectivity index (χ0) is 41.7. The van der Waals surface area contributed by atoms with Crippen LogP contribution in [0.15, 0.2) is 231 Å². The van der Waals surface area contributed by atoms with Gasteiger partial charge < -0.3 is 9.47 Å². The summed E-state index contributed by atoms with van der Waals surface area (Å²) >= 11 is 0. The molecule has 9 aromatic carbocycles. The molecule has 2 heterocycles. The Kier molecular flexibility index (Phi) is 8.68. The molecule has 0 spiro atoms. The topological polar surface area (TPSA) is 44.2 Å². The molecule has 10 aromatic rings. The Morgan fingerprint density at radius 1 is 0.317 bits per heavy atom. The number of ether oxygens (including phenoxy) is 2. The molecule has 63 heavy (non-hydrogen) atoms. The van der Waals surface area contributed by atoms with E-state index in [4.69, 9.17) is 19.4 Å². The van der Waals surface area contributed by atoms with Gasteiger partial charge in [-0.05, 0) is 80.4 Å². The summed E-state index contributed by atoms with van der Waals surface area (Å²) in [6, 6.07) is 80.7. The van der Waals surface area contributed by atoms with Crippen LogP contribution in [0.3, 0.4) is 0 Å². The van der Waals surface area contributed by atoms with Crippen LogP contribution >= 0.6 is 0 Å². The molecule has 0 unspecified atom stereocenters. The molecule has 0 N–H and O–H groups in total. The summed E-state index contributed by atoms with van der Waals surface area (Å²) < 4.78 is 13.8. The normalized spacial score (nSPS) is 12.8. The Labute approximate surface area is 366 Å². The quantitative estimate of drug-likeness (QED) is 0.161. The molecule has 1 aromatic heterocycles. The summed E-state index contributed by atoms with van der Waals surface area (Å²) in [4.78, 5) is 10.4. The second-order valence-corrected chi connectivity index (χ2v) is 16.1. The Balaban J connectivity index is 0.974. The van der Waals surface area contributed by atoms with Crippen molar-refractivity contribution in [1.29, 1.82) is 0 Å². The van der Waals surface area contributed by atoms with Crippen LogP contribution in [0, 0.1) is 0 Å². The maximum Gasteiger partial charge on any atom is 0.178 e. The van der Waals surface area contributed by atoms with Crippen molar-refractivity contribution in [3.05, 3.63) is 253 Å². The van der Waals surface area contributed by atoms with Crippen molar-refractivity contribution >= 4 is 0 Å². The lowest BCUT2D eigenvalue weighted by molar-refractivity contribution is 0.360. The number of fused-ring (bicyclic) bond motifs is 6. The highest BCUT2D eigenvalue weighted by Crippen LogP contribution is 2.62. The molecule has 4 heteroatoms. The monoisotopic (exact) mass is 806 g/mol. The van der Waals surface area contributed by atoms with Gasteiger partial charge in [0.25, 0.3) is 0 Å². The van der Waals surface area contributed by atoms with Crippen LogP contribution in [0.2, 0.25) is 0 Å². The molecule has 0 saturated heterocycles. The number of hydrogen-bond donors (Lipinski definition) is 0. The highest BCUT2D eigenvalue weighted by molar-refractivity contribution is 5.92. The largest absolute Gasteiger partial charge is 0.449 e. The summed E-state index contributed by atoms with van der Waals surface area (Å²) in [5, 5.41) is 0. The van der Waals surface area contributed by atoms with Gasteiger partial charge in [0.05, 0.1) is 16.8 Å². The van der Waals surface area contributed by atoms with E-state index in [0.717, 1.165) is 61.5 Å². The Hall–Kier alpha value is -8.34. The van der Waals surface area contributed by atoms with E-state index >= 15 is 0 Å². The first-order chi connectivity index (χ1) is 31.2. The van der Waals surface area contributed by atoms with Gasteiger partial charge in [0.1, 0.15) is 0 Å². The minimum atomic E-state index is -0.554. The maximum absolute atomic E-state index is 7.08. The summed E-state index contributed by atoms with van der Waals surface area (Å²) in [6.45, 7) is 0. The standard InChI is InChI=1S/C59H38N2O2/c1-5-15-39(16-6-1)41-25-29-43(30-26-41)51-38-52(61-58(60-51)44-31-27-42(28-32-44)40-17-7-2-8-18-40)45-33-35-53-55(37-45)63-57-54(62-53)36-34-50-56(57)48-23-13-14-24-49(48)59(50,46-19-9-3-10-20-46)47-21-11-4-12-22-47/h1-38H. The van der Waals surface area contributed by atoms with Gasteiger partial charge in [-0.15, -0.1) is 0 Å². The van der Waals surface area contributed by atoms with Crippen molar-refractivity contribution in [1.82, 2.24) is 9.97 Å². The minimum Gasteiger partial charge on any atom is -0.449 e. The van der Waals surface area contributed by atoms with Gasteiger partial charge in [0.15, 0.2) is 28.8 Å². The highest BCUT2D eigenvalue weighted by atomic mass is 16.6. The van der Waals surface area contributed by atoms with E-state index < -0.39 is 5.41 Å². The summed E-state index contributed by atoms with van der Waals surface area (Å²) in [5.74, 6) is 3.31. The van der Waals surface area contributed by atoms with E-state index in [-0.39, 0.29) is 0 Å². The first-order valence-corrected chi connectivity index (χ1v) is 21.3. The molecular weight excluding hydrogens is 769 g/mol. The van der Waals surface area contributed by atoms with Gasteiger partial charge in [-0.3, -0.25) is 0 Å². The number of hydrogen-bond acceptors (Lipinski definition) is 4. The second kappa shape index (κ2) is 15.0. The molecule has 296 valence electrons. The zero-order valence-corrected chi connectivity index (χ0v) is 34.2. The van der Waals surface area contributed by atoms with Crippen molar-refractivity contribution < 1.29 is 9.47 Å². The van der Waals surface area contributed by atoms with Crippen molar-refractivity contribution in [3.8, 4) is 90.3 Å². The molecule has 0 atom stereocenters. The average molecular weight is 807 g/mol. The summed E-state index contributed by atoms with van der Waals surface area (Å²) in [7, 11) is 0. The van der Waals surface area contributed by atoms with Crippen molar-refractivity contribution in [3.63, 3.8) is 0 Å². The lowest BCUT2D eigenvalue weighted by Gasteiger charge is -2.34. The predicted molar refractivity (Wildman–Crippen MR) is 253 cm³/mol. The Morgan fingerprint density at radius 3 is 1.41 bits per heavy atom. The van der Waals surface area contributed by atoms with Gasteiger partial charge >= 0.3 is 0 Å². The van der Waals surface area contributed by atoms with Gasteiger partial charge in [0, 0.05) is 22.3 Å². The van der Waals surface area contributed by atoms with Crippen LogP contribution in [0.1, 0.15) is 22.3 Å². The second-order valence-electron chi connectivity index (χ2n) is 16.1. The van der Waals surface area contributed by atoms with E-state index in [1.807, 2.05) is 24.3 Å². The van der Waals surface area contributed by atoms with E-state index in [2.05, 4.69) is 206 Å². The molecule has 0 saturated carbocycles. The molecule has 12 rings (SSSR count). The van der Waals surface area contributed by atoms with Gasteiger partial charge in [0.2, 0.25) is 0 Å². The third-order valence-corrected chi connectivity index (χ3v) is 12.5. The maximum atomic E-state index is 7.08. The van der Waals surface area contributed by atoms with Gasteiger partial charge in [-0.25, -0.2) is 9.97 Å². The molecule has 0 amide bonds. The molecule has 0 radical (unpaired) electrons. The molecule has 2 aliphatic rings. The minimum absolute atomic E-state index is 0.554. The molecule has 1 aliphatic carbocycles. The van der Waals surface area contributed by atoms with Gasteiger partial charge in [-0.1, -0.05) is 200 Å². The Bertz CT molecular complexity index is 3160. The van der Waals surface area contributed by atoms with Crippen LogP contribution in [-0.2, 0) is 5.41 Å². The summed E-state index contributed by atoms with van der Waals surface area (Å²) in [6.07, 6.45) is 0. The lowest BCUT2D eigenvalue weighted by Crippen LogP contribution is -2.28. The number of benzene rings is 9. The van der Waals surface area contributed by atoms with Gasteiger partial charge in [-0.2, -0.15) is 0 Å². The van der Waals surface area contributed by atoms with E-state index in [1.54, 1.807) is 0 Å². The van der Waals surface area contributed by atoms with Crippen molar-refractivity contribution in [2.24, 2.45) is 0 Å². The molecule has 4 nitrogen and oxygen atoms in total. The molecule has 1 aliphatic heterocycles. The molecular formula is C59H38N2O2. The fourth-order valence-electron chi connectivity index (χ4n) is 9.50. The van der Waals surface area contributed by atoms with E-state index in [1.165, 1.54) is 22.3 Å². The smallest absolute Gasteiger partial charge is 0.178 e. The fraction of sp³-hybridized carbons (Fsp3) is 0.0169. The first-order valence-electron chi connectivity index (χ1n) is 21.3. The number of rotatable bonds is 7. The van der Waals surface area contributed by atoms with Crippen molar-refractivity contribution in [2.75, 3.05) is 0 Å². The van der Waals surface area contributed by atoms with Crippen LogP contribution in [0.4, 0.5) is 0 Å². The first kappa shape index (κ1) is 36.5. The SMILES string of the molecule is c1ccc(-c2ccc(-c3cc(-c4ccc5c(c4)Oc4c(ccc6c4-c4ccccc4C6(c4ccccc4)c4ccccc4)O5)nc(-c4ccc(-c5ccccc5)cc4)n3)cc2)cc1. The lowest BCUT2D eigenvalue weighted by atomic mass is 9.68. The number of aromatic nitrogens is 2. The summed E-state index contributed by atoms with van der Waals surface area (Å²) in [5.41, 5.74) is 15.4. The third kappa shape index (κ3) is 6.14. The Morgan fingerprint density at radius 2 is 0.794 bits per heavy atom. The average Bonchev–Trinajstić information content (AvgIpc) is 3.68. The van der Waals surface area contributed by atoms with Crippen molar-refractivity contribution in [2.45, 2.75) is 5.41 Å².